The van der Waals surface area contributed by atoms with E-state index >= 15 is 0 Å². The normalized spacial score (nSPS) is 11.6. The summed E-state index contributed by atoms with van der Waals surface area (Å²) in [7, 11) is 1.48. The highest BCUT2D eigenvalue weighted by Crippen LogP contribution is 2.40. The molecule has 0 atom stereocenters. The van der Waals surface area contributed by atoms with Crippen LogP contribution < -0.4 is 15.8 Å². The summed E-state index contributed by atoms with van der Waals surface area (Å²) in [6.45, 7) is 1.88. The maximum atomic E-state index is 12.9. The van der Waals surface area contributed by atoms with E-state index in [0.29, 0.717) is 33.7 Å². The highest BCUT2D eigenvalue weighted by atomic mass is 19.4. The van der Waals surface area contributed by atoms with Crippen molar-refractivity contribution in [3.8, 4) is 5.75 Å². The lowest BCUT2D eigenvalue weighted by Gasteiger charge is -2.17. The van der Waals surface area contributed by atoms with Crippen molar-refractivity contribution in [3.05, 3.63) is 53.7 Å². The fourth-order valence-corrected chi connectivity index (χ4v) is 2.70. The number of nitrogens with zero attached hydrogens (tertiary/aromatic N) is 1. The van der Waals surface area contributed by atoms with Crippen LogP contribution in [0.3, 0.4) is 0 Å². The van der Waals surface area contributed by atoms with Crippen molar-refractivity contribution >= 4 is 28.0 Å². The highest BCUT2D eigenvalue weighted by molar-refractivity contribution is 6.04. The maximum absolute atomic E-state index is 12.9. The number of hydrogen-bond acceptors (Lipinski definition) is 4. The molecule has 0 aliphatic rings. The standard InChI is InChI=1S/C18H16F3N3O/c1-10-6-7-23-16-13(22)9-14(25-2)17(15(10)16)24-12-5-3-4-11(8-12)18(19,20)21/h3-9,24H,22H2,1-2H3. The number of nitrogen functional groups attached to an aromatic ring is 1. The molecule has 0 spiro atoms. The minimum Gasteiger partial charge on any atom is -0.494 e. The molecule has 3 N–H and O–H groups in total. The van der Waals surface area contributed by atoms with Crippen molar-refractivity contribution in [2.45, 2.75) is 13.1 Å². The van der Waals surface area contributed by atoms with E-state index in [9.17, 15) is 13.2 Å². The molecule has 3 aromatic rings. The SMILES string of the molecule is COc1cc(N)c2nccc(C)c2c1Nc1cccc(C(F)(F)F)c1. The van der Waals surface area contributed by atoms with Crippen LogP contribution in [0.15, 0.2) is 42.6 Å². The van der Waals surface area contributed by atoms with Crippen molar-refractivity contribution in [1.29, 1.82) is 0 Å². The number of nitrogens with one attached hydrogen (secondary N) is 1. The number of benzene rings is 2. The molecule has 7 heteroatoms. The van der Waals surface area contributed by atoms with Crippen molar-refractivity contribution in [3.63, 3.8) is 0 Å². The fraction of sp³-hybridized carbons (Fsp3) is 0.167. The second-order valence-electron chi connectivity index (χ2n) is 5.60. The summed E-state index contributed by atoms with van der Waals surface area (Å²) in [4.78, 5) is 4.28. The zero-order chi connectivity index (χ0) is 18.2. The van der Waals surface area contributed by atoms with E-state index in [0.717, 1.165) is 17.7 Å². The molecule has 3 rings (SSSR count). The molecule has 0 saturated heterocycles. The third-order valence-corrected chi connectivity index (χ3v) is 3.89. The van der Waals surface area contributed by atoms with Crippen LogP contribution in [0.25, 0.3) is 10.9 Å². The zero-order valence-corrected chi connectivity index (χ0v) is 13.6. The molecule has 0 radical (unpaired) electrons. The van der Waals surface area contributed by atoms with E-state index in [4.69, 9.17) is 10.5 Å². The summed E-state index contributed by atoms with van der Waals surface area (Å²) in [5, 5.41) is 3.73. The largest absolute Gasteiger partial charge is 0.494 e. The third-order valence-electron chi connectivity index (χ3n) is 3.89. The Hall–Kier alpha value is -2.96. The molecule has 0 amide bonds. The third kappa shape index (κ3) is 3.17. The van der Waals surface area contributed by atoms with Crippen LogP contribution in [0.5, 0.6) is 5.75 Å². The molecular weight excluding hydrogens is 331 g/mol. The number of rotatable bonds is 3. The summed E-state index contributed by atoms with van der Waals surface area (Å²) in [6, 6.07) is 8.39. The number of ether oxygens (including phenoxy) is 1. The van der Waals surface area contributed by atoms with Gasteiger partial charge in [-0.25, -0.2) is 0 Å². The van der Waals surface area contributed by atoms with Gasteiger partial charge in [-0.05, 0) is 36.8 Å². The van der Waals surface area contributed by atoms with Gasteiger partial charge in [-0.2, -0.15) is 13.2 Å². The van der Waals surface area contributed by atoms with E-state index in [2.05, 4.69) is 10.3 Å². The number of aryl methyl sites for hydroxylation is 1. The number of anilines is 3. The molecule has 0 saturated carbocycles. The average molecular weight is 347 g/mol. The average Bonchev–Trinajstić information content (AvgIpc) is 2.57. The van der Waals surface area contributed by atoms with Crippen LogP contribution in [0.2, 0.25) is 0 Å². The number of aromatic nitrogens is 1. The van der Waals surface area contributed by atoms with Crippen LogP contribution in [0, 0.1) is 6.92 Å². The lowest BCUT2D eigenvalue weighted by Crippen LogP contribution is -2.06. The predicted octanol–water partition coefficient (Wildman–Crippen LogP) is 4.90. The zero-order valence-electron chi connectivity index (χ0n) is 13.6. The lowest BCUT2D eigenvalue weighted by atomic mass is 10.1. The van der Waals surface area contributed by atoms with E-state index < -0.39 is 11.7 Å². The summed E-state index contributed by atoms with van der Waals surface area (Å²) in [5.41, 5.74) is 7.99. The Bertz CT molecular complexity index is 939. The molecule has 0 aliphatic heterocycles. The summed E-state index contributed by atoms with van der Waals surface area (Å²) in [5.74, 6) is 0.429. The first-order valence-corrected chi connectivity index (χ1v) is 7.47. The molecule has 0 aliphatic carbocycles. The Balaban J connectivity index is 2.18. The molecule has 1 heterocycles. The molecular formula is C18H16F3N3O. The molecule has 0 bridgehead atoms. The number of fused-ring (bicyclic) bond motifs is 1. The van der Waals surface area contributed by atoms with Gasteiger partial charge in [0.1, 0.15) is 5.75 Å². The first kappa shape index (κ1) is 16.9. The highest BCUT2D eigenvalue weighted by Gasteiger charge is 2.30. The monoisotopic (exact) mass is 347 g/mol. The Labute approximate surface area is 142 Å². The topological polar surface area (TPSA) is 60.2 Å². The Kier molecular flexibility index (Phi) is 4.16. The fourth-order valence-electron chi connectivity index (χ4n) is 2.70. The van der Waals surface area contributed by atoms with Crippen molar-refractivity contribution < 1.29 is 17.9 Å². The van der Waals surface area contributed by atoms with Crippen LogP contribution in [0.1, 0.15) is 11.1 Å². The second kappa shape index (κ2) is 6.16. The van der Waals surface area contributed by atoms with Crippen LogP contribution in [0.4, 0.5) is 30.2 Å². The molecule has 2 aromatic carbocycles. The van der Waals surface area contributed by atoms with E-state index in [1.807, 2.05) is 6.92 Å². The van der Waals surface area contributed by atoms with E-state index in [-0.39, 0.29) is 0 Å². The number of alkyl halides is 3. The summed E-state index contributed by atoms with van der Waals surface area (Å²) >= 11 is 0. The minimum absolute atomic E-state index is 0.294. The molecule has 1 aromatic heterocycles. The van der Waals surface area contributed by atoms with Gasteiger partial charge in [-0.1, -0.05) is 6.07 Å². The van der Waals surface area contributed by atoms with Gasteiger partial charge in [0.25, 0.3) is 0 Å². The van der Waals surface area contributed by atoms with Crippen molar-refractivity contribution in [2.24, 2.45) is 0 Å². The molecule has 130 valence electrons. The lowest BCUT2D eigenvalue weighted by molar-refractivity contribution is -0.137. The Morgan fingerprint density at radius 3 is 2.60 bits per heavy atom. The number of halogens is 3. The van der Waals surface area contributed by atoms with Gasteiger partial charge < -0.3 is 15.8 Å². The van der Waals surface area contributed by atoms with Crippen LogP contribution in [-0.4, -0.2) is 12.1 Å². The second-order valence-corrected chi connectivity index (χ2v) is 5.60. The Morgan fingerprint density at radius 1 is 1.16 bits per heavy atom. The summed E-state index contributed by atoms with van der Waals surface area (Å²) < 4.78 is 44.2. The van der Waals surface area contributed by atoms with Gasteiger partial charge in [-0.15, -0.1) is 0 Å². The smallest absolute Gasteiger partial charge is 0.416 e. The summed E-state index contributed by atoms with van der Waals surface area (Å²) in [6.07, 6.45) is -2.78. The van der Waals surface area contributed by atoms with Crippen LogP contribution >= 0.6 is 0 Å². The van der Waals surface area contributed by atoms with E-state index in [1.54, 1.807) is 24.4 Å². The van der Waals surface area contributed by atoms with Gasteiger partial charge in [0.15, 0.2) is 0 Å². The van der Waals surface area contributed by atoms with Crippen molar-refractivity contribution in [2.75, 3.05) is 18.2 Å². The van der Waals surface area contributed by atoms with Gasteiger partial charge in [-0.3, -0.25) is 4.98 Å². The quantitative estimate of drug-likeness (QED) is 0.662. The minimum atomic E-state index is -4.41. The molecule has 4 nitrogen and oxygen atoms in total. The first-order valence-electron chi connectivity index (χ1n) is 7.47. The Morgan fingerprint density at radius 2 is 1.92 bits per heavy atom. The maximum Gasteiger partial charge on any atom is 0.416 e. The molecule has 0 fully saturated rings. The van der Waals surface area contributed by atoms with Gasteiger partial charge >= 0.3 is 6.18 Å². The number of nitrogens with two attached hydrogens (primary N) is 1. The van der Waals surface area contributed by atoms with Gasteiger partial charge in [0.2, 0.25) is 0 Å². The van der Waals surface area contributed by atoms with Gasteiger partial charge in [0, 0.05) is 23.3 Å². The molecule has 25 heavy (non-hydrogen) atoms. The number of pyridine rings is 1. The van der Waals surface area contributed by atoms with E-state index in [1.165, 1.54) is 13.2 Å². The molecule has 0 unspecified atom stereocenters. The first-order chi connectivity index (χ1) is 11.8. The van der Waals surface area contributed by atoms with Crippen LogP contribution in [-0.2, 0) is 6.18 Å². The van der Waals surface area contributed by atoms with Gasteiger partial charge in [0.05, 0.1) is 29.6 Å². The number of hydrogen-bond donors (Lipinski definition) is 2. The van der Waals surface area contributed by atoms with Crippen molar-refractivity contribution in [1.82, 2.24) is 4.98 Å². The predicted molar refractivity (Wildman–Crippen MR) is 92.2 cm³/mol. The number of methoxy groups -OCH3 is 1.